The van der Waals surface area contributed by atoms with Gasteiger partial charge in [-0.2, -0.15) is 0 Å². The maximum Gasteiger partial charge on any atom is 0.171 e. The molecule has 106 valence electrons. The maximum atomic E-state index is 11.0. The first-order valence-electron chi connectivity index (χ1n) is 6.26. The molecule has 0 heterocycles. The summed E-state index contributed by atoms with van der Waals surface area (Å²) in [4.78, 5) is 11.0. The van der Waals surface area contributed by atoms with Crippen LogP contribution in [0.1, 0.15) is 30.1 Å². The Labute approximate surface area is 118 Å². The predicted molar refractivity (Wildman–Crippen MR) is 74.6 cm³/mol. The Balaban J connectivity index is 2.58. The number of carbonyl (C=O) groups is 1. The molecule has 0 fully saturated rings. The number of methoxy groups -OCH3 is 1. The fraction of sp³-hybridized carbons (Fsp3) is 0.500. The van der Waals surface area contributed by atoms with E-state index >= 15 is 0 Å². The van der Waals surface area contributed by atoms with Crippen LogP contribution in [0.4, 0.5) is 0 Å². The van der Waals surface area contributed by atoms with Gasteiger partial charge in [-0.15, -0.1) is 0 Å². The Kier molecular flexibility index (Phi) is 7.30. The predicted octanol–water partition coefficient (Wildman–Crippen LogP) is 3.36. The van der Waals surface area contributed by atoms with Crippen LogP contribution in [-0.2, 0) is 4.74 Å². The van der Waals surface area contributed by atoms with Gasteiger partial charge < -0.3 is 14.2 Å². The number of benzene rings is 1. The quantitative estimate of drug-likeness (QED) is 0.516. The second-order valence-electron chi connectivity index (χ2n) is 3.96. The fourth-order valence-corrected chi connectivity index (χ4v) is 1.75. The van der Waals surface area contributed by atoms with Crippen molar-refractivity contribution in [3.63, 3.8) is 0 Å². The third-order valence-electron chi connectivity index (χ3n) is 2.51. The Bertz CT molecular complexity index is 407. The summed E-state index contributed by atoms with van der Waals surface area (Å²) in [6.07, 6.45) is 2.83. The molecule has 0 amide bonds. The highest BCUT2D eigenvalue weighted by Gasteiger charge is 2.12. The fourth-order valence-electron chi connectivity index (χ4n) is 1.53. The lowest BCUT2D eigenvalue weighted by molar-refractivity contribution is 0.0958. The van der Waals surface area contributed by atoms with Crippen LogP contribution in [-0.4, -0.2) is 33.2 Å². The number of ether oxygens (including phenoxy) is 3. The third kappa shape index (κ3) is 5.09. The van der Waals surface area contributed by atoms with Crippen molar-refractivity contribution in [1.82, 2.24) is 0 Å². The Morgan fingerprint density at radius 3 is 2.68 bits per heavy atom. The molecule has 1 rings (SSSR count). The first-order valence-corrected chi connectivity index (χ1v) is 6.64. The molecule has 1 aromatic rings. The van der Waals surface area contributed by atoms with Crippen molar-refractivity contribution in [1.29, 1.82) is 0 Å². The second kappa shape index (κ2) is 8.77. The monoisotopic (exact) mass is 286 g/mol. The van der Waals surface area contributed by atoms with Gasteiger partial charge >= 0.3 is 0 Å². The Morgan fingerprint density at radius 1 is 1.26 bits per heavy atom. The summed E-state index contributed by atoms with van der Waals surface area (Å²) in [6.45, 7) is 3.67. The molecular formula is C14H19ClO4. The number of aldehydes is 1. The summed E-state index contributed by atoms with van der Waals surface area (Å²) in [6, 6.07) is 3.16. The minimum atomic E-state index is 0.364. The van der Waals surface area contributed by atoms with Crippen LogP contribution in [0, 0.1) is 0 Å². The minimum absolute atomic E-state index is 0.364. The molecule has 0 radical (unpaired) electrons. The minimum Gasteiger partial charge on any atom is -0.493 e. The highest BCUT2D eigenvalue weighted by Crippen LogP contribution is 2.33. The van der Waals surface area contributed by atoms with E-state index in [4.69, 9.17) is 25.8 Å². The summed E-state index contributed by atoms with van der Waals surface area (Å²) < 4.78 is 16.1. The Hall–Kier alpha value is -1.26. The molecule has 1 aromatic carbocycles. The molecule has 0 saturated carbocycles. The highest BCUT2D eigenvalue weighted by atomic mass is 35.5. The number of carbonyl (C=O) groups excluding carboxylic acids is 1. The van der Waals surface area contributed by atoms with Gasteiger partial charge in [-0.25, -0.2) is 0 Å². The zero-order chi connectivity index (χ0) is 14.1. The summed E-state index contributed by atoms with van der Waals surface area (Å²) >= 11 is 5.88. The van der Waals surface area contributed by atoms with Gasteiger partial charge in [-0.05, 0) is 12.5 Å². The van der Waals surface area contributed by atoms with Crippen LogP contribution in [0.2, 0.25) is 5.02 Å². The molecule has 19 heavy (non-hydrogen) atoms. The summed E-state index contributed by atoms with van der Waals surface area (Å²) in [5.41, 5.74) is 0.373. The van der Waals surface area contributed by atoms with Gasteiger partial charge in [-0.1, -0.05) is 24.9 Å². The van der Waals surface area contributed by atoms with E-state index in [0.717, 1.165) is 19.4 Å². The lowest BCUT2D eigenvalue weighted by atomic mass is 10.2. The largest absolute Gasteiger partial charge is 0.493 e. The van der Waals surface area contributed by atoms with Crippen LogP contribution in [0.25, 0.3) is 0 Å². The van der Waals surface area contributed by atoms with Gasteiger partial charge in [0.2, 0.25) is 0 Å². The molecule has 5 heteroatoms. The van der Waals surface area contributed by atoms with E-state index in [1.165, 1.54) is 7.11 Å². The van der Waals surface area contributed by atoms with Crippen LogP contribution in [0.3, 0.4) is 0 Å². The van der Waals surface area contributed by atoms with Crippen molar-refractivity contribution >= 4 is 17.9 Å². The standard InChI is InChI=1S/C14H19ClO4/c1-3-4-5-18-6-7-19-14-11(10-16)8-12(15)9-13(14)17-2/h8-10H,3-7H2,1-2H3. The van der Waals surface area contributed by atoms with E-state index in [-0.39, 0.29) is 0 Å². The van der Waals surface area contributed by atoms with E-state index in [1.54, 1.807) is 12.1 Å². The molecule has 0 aliphatic heterocycles. The van der Waals surface area contributed by atoms with Gasteiger partial charge in [-0.3, -0.25) is 4.79 Å². The van der Waals surface area contributed by atoms with Gasteiger partial charge in [0.25, 0.3) is 0 Å². The normalized spacial score (nSPS) is 10.3. The van der Waals surface area contributed by atoms with E-state index in [9.17, 15) is 4.79 Å². The van der Waals surface area contributed by atoms with Crippen molar-refractivity contribution in [2.24, 2.45) is 0 Å². The second-order valence-corrected chi connectivity index (χ2v) is 4.40. The number of hydrogen-bond acceptors (Lipinski definition) is 4. The zero-order valence-corrected chi connectivity index (χ0v) is 12.0. The van der Waals surface area contributed by atoms with Gasteiger partial charge in [0.15, 0.2) is 17.8 Å². The van der Waals surface area contributed by atoms with Gasteiger partial charge in [0.05, 0.1) is 19.3 Å². The van der Waals surface area contributed by atoms with Crippen molar-refractivity contribution in [3.05, 3.63) is 22.7 Å². The van der Waals surface area contributed by atoms with E-state index in [2.05, 4.69) is 6.92 Å². The van der Waals surface area contributed by atoms with Crippen LogP contribution in [0.15, 0.2) is 12.1 Å². The van der Waals surface area contributed by atoms with Crippen molar-refractivity contribution in [2.45, 2.75) is 19.8 Å². The SMILES string of the molecule is CCCCOCCOc1c(C=O)cc(Cl)cc1OC. The molecule has 0 unspecified atom stereocenters. The number of rotatable bonds is 9. The van der Waals surface area contributed by atoms with Crippen LogP contribution >= 0.6 is 11.6 Å². The molecule has 0 N–H and O–H groups in total. The maximum absolute atomic E-state index is 11.0. The first-order chi connectivity index (χ1) is 9.22. The average molecular weight is 287 g/mol. The molecule has 0 aliphatic carbocycles. The molecule has 0 aromatic heterocycles. The lowest BCUT2D eigenvalue weighted by Crippen LogP contribution is -2.09. The summed E-state index contributed by atoms with van der Waals surface area (Å²) in [7, 11) is 1.50. The van der Waals surface area contributed by atoms with Crippen molar-refractivity contribution in [2.75, 3.05) is 26.9 Å². The summed E-state index contributed by atoms with van der Waals surface area (Å²) in [5, 5.41) is 0.436. The topological polar surface area (TPSA) is 44.8 Å². The van der Waals surface area contributed by atoms with E-state index in [1.807, 2.05) is 0 Å². The molecule has 0 saturated heterocycles. The van der Waals surface area contributed by atoms with E-state index < -0.39 is 0 Å². The lowest BCUT2D eigenvalue weighted by Gasteiger charge is -2.13. The smallest absolute Gasteiger partial charge is 0.171 e. The molecule has 4 nitrogen and oxygen atoms in total. The van der Waals surface area contributed by atoms with Crippen LogP contribution in [0.5, 0.6) is 11.5 Å². The zero-order valence-electron chi connectivity index (χ0n) is 11.3. The van der Waals surface area contributed by atoms with E-state index in [0.29, 0.717) is 41.6 Å². The first kappa shape index (κ1) is 15.8. The highest BCUT2D eigenvalue weighted by molar-refractivity contribution is 6.31. The third-order valence-corrected chi connectivity index (χ3v) is 2.73. The van der Waals surface area contributed by atoms with Crippen LogP contribution < -0.4 is 9.47 Å². The number of halogens is 1. The molecule has 0 bridgehead atoms. The van der Waals surface area contributed by atoms with Gasteiger partial charge in [0.1, 0.15) is 6.61 Å². The summed E-state index contributed by atoms with van der Waals surface area (Å²) in [5.74, 6) is 0.851. The number of unbranched alkanes of at least 4 members (excludes halogenated alkanes) is 1. The molecule has 0 spiro atoms. The van der Waals surface area contributed by atoms with Gasteiger partial charge in [0, 0.05) is 17.7 Å². The van der Waals surface area contributed by atoms with Crippen molar-refractivity contribution in [3.8, 4) is 11.5 Å². The molecule has 0 aliphatic rings. The van der Waals surface area contributed by atoms with Crippen molar-refractivity contribution < 1.29 is 19.0 Å². The molecular weight excluding hydrogens is 268 g/mol. The number of hydrogen-bond donors (Lipinski definition) is 0. The average Bonchev–Trinajstić information content (AvgIpc) is 2.43. The molecule has 0 atom stereocenters. The Morgan fingerprint density at radius 2 is 2.05 bits per heavy atom.